The van der Waals surface area contributed by atoms with Gasteiger partial charge in [0.15, 0.2) is 0 Å². The van der Waals surface area contributed by atoms with Crippen LogP contribution in [0.5, 0.6) is 0 Å². The summed E-state index contributed by atoms with van der Waals surface area (Å²) in [6.07, 6.45) is -2.20. The van der Waals surface area contributed by atoms with Gasteiger partial charge in [-0.1, -0.05) is 17.3 Å². The van der Waals surface area contributed by atoms with Crippen LogP contribution in [0.2, 0.25) is 0 Å². The highest BCUT2D eigenvalue weighted by atomic mass is 19.4. The van der Waals surface area contributed by atoms with Crippen molar-refractivity contribution in [1.29, 1.82) is 0 Å². The van der Waals surface area contributed by atoms with E-state index in [9.17, 15) is 13.2 Å². The van der Waals surface area contributed by atoms with Crippen LogP contribution in [0.25, 0.3) is 0 Å². The maximum Gasteiger partial charge on any atom is 0.416 e. The number of alkyl halides is 3. The summed E-state index contributed by atoms with van der Waals surface area (Å²) in [5.41, 5.74) is 2.29. The van der Waals surface area contributed by atoms with Crippen LogP contribution >= 0.6 is 0 Å². The molecule has 0 bridgehead atoms. The van der Waals surface area contributed by atoms with Gasteiger partial charge in [0.1, 0.15) is 5.76 Å². The molecule has 1 aromatic heterocycles. The van der Waals surface area contributed by atoms with E-state index in [1.807, 2.05) is 13.8 Å². The second-order valence-electron chi connectivity index (χ2n) is 6.06. The van der Waals surface area contributed by atoms with Gasteiger partial charge in [0, 0.05) is 18.2 Å². The minimum absolute atomic E-state index is 0.226. The number of rotatable bonds is 3. The highest BCUT2D eigenvalue weighted by Gasteiger charge is 2.32. The number of benzene rings is 1. The summed E-state index contributed by atoms with van der Waals surface area (Å²) in [5, 5.41) is 4.01. The molecule has 1 aliphatic heterocycles. The third-order valence-corrected chi connectivity index (χ3v) is 4.45. The summed E-state index contributed by atoms with van der Waals surface area (Å²) < 4.78 is 43.2. The molecule has 23 heavy (non-hydrogen) atoms. The standard InChI is InChI=1S/C17H19F3N2O/c1-11-16(12(2)23-21-11)15-4-3-9-22(15)10-13-5-7-14(8-6-13)17(18,19)20/h5-8,15H,3-4,9-10H2,1-2H3. The van der Waals surface area contributed by atoms with Gasteiger partial charge >= 0.3 is 6.18 Å². The molecule has 6 heteroatoms. The Hall–Kier alpha value is -1.82. The number of hydrogen-bond donors (Lipinski definition) is 0. The van der Waals surface area contributed by atoms with Gasteiger partial charge in [-0.3, -0.25) is 4.90 Å². The van der Waals surface area contributed by atoms with Crippen LogP contribution in [-0.4, -0.2) is 16.6 Å². The van der Waals surface area contributed by atoms with Crippen LogP contribution in [0.1, 0.15) is 47.0 Å². The smallest absolute Gasteiger partial charge is 0.361 e. The minimum Gasteiger partial charge on any atom is -0.361 e. The first-order chi connectivity index (χ1) is 10.9. The molecule has 124 valence electrons. The first-order valence-electron chi connectivity index (χ1n) is 7.69. The average Bonchev–Trinajstić information content (AvgIpc) is 3.05. The Morgan fingerprint density at radius 2 is 1.91 bits per heavy atom. The molecule has 0 saturated carbocycles. The van der Waals surface area contributed by atoms with Crippen LogP contribution in [0.15, 0.2) is 28.8 Å². The van der Waals surface area contributed by atoms with Crippen molar-refractivity contribution in [3.05, 3.63) is 52.4 Å². The van der Waals surface area contributed by atoms with Gasteiger partial charge in [-0.25, -0.2) is 0 Å². The van der Waals surface area contributed by atoms with Crippen molar-refractivity contribution in [3.63, 3.8) is 0 Å². The predicted molar refractivity (Wildman–Crippen MR) is 79.8 cm³/mol. The molecule has 0 spiro atoms. The molecule has 1 unspecified atom stereocenters. The first-order valence-corrected chi connectivity index (χ1v) is 7.69. The summed E-state index contributed by atoms with van der Waals surface area (Å²) in [6.45, 7) is 5.40. The average molecular weight is 324 g/mol. The zero-order valence-corrected chi connectivity index (χ0v) is 13.2. The molecule has 2 heterocycles. The fourth-order valence-corrected chi connectivity index (χ4v) is 3.34. The van der Waals surface area contributed by atoms with Gasteiger partial charge in [-0.15, -0.1) is 0 Å². The molecule has 1 aromatic carbocycles. The zero-order chi connectivity index (χ0) is 16.6. The number of hydrogen-bond acceptors (Lipinski definition) is 3. The van der Waals surface area contributed by atoms with Crippen molar-refractivity contribution in [3.8, 4) is 0 Å². The second kappa shape index (κ2) is 6.00. The van der Waals surface area contributed by atoms with E-state index in [1.54, 1.807) is 12.1 Å². The Balaban J connectivity index is 1.77. The fraction of sp³-hybridized carbons (Fsp3) is 0.471. The normalized spacial score (nSPS) is 19.4. The van der Waals surface area contributed by atoms with Gasteiger partial charge in [0.2, 0.25) is 0 Å². The molecule has 1 saturated heterocycles. The Labute approximate surface area is 133 Å². The lowest BCUT2D eigenvalue weighted by molar-refractivity contribution is -0.137. The van der Waals surface area contributed by atoms with E-state index in [0.29, 0.717) is 6.54 Å². The van der Waals surface area contributed by atoms with E-state index < -0.39 is 11.7 Å². The van der Waals surface area contributed by atoms with E-state index >= 15 is 0 Å². The molecular formula is C17H19F3N2O. The monoisotopic (exact) mass is 324 g/mol. The third kappa shape index (κ3) is 3.27. The molecule has 0 amide bonds. The zero-order valence-electron chi connectivity index (χ0n) is 13.2. The Bertz CT molecular complexity index is 657. The predicted octanol–water partition coefficient (Wildman–Crippen LogP) is 4.65. The van der Waals surface area contributed by atoms with E-state index in [4.69, 9.17) is 4.52 Å². The van der Waals surface area contributed by atoms with Crippen molar-refractivity contribution in [2.45, 2.75) is 45.5 Å². The molecule has 1 fully saturated rings. The number of halogens is 3. The van der Waals surface area contributed by atoms with Gasteiger partial charge in [0.05, 0.1) is 11.3 Å². The molecule has 0 radical (unpaired) electrons. The Kier molecular flexibility index (Phi) is 4.19. The van der Waals surface area contributed by atoms with Gasteiger partial charge in [-0.05, 0) is 50.9 Å². The number of aromatic nitrogens is 1. The number of aryl methyl sites for hydroxylation is 2. The second-order valence-corrected chi connectivity index (χ2v) is 6.06. The molecule has 0 N–H and O–H groups in total. The minimum atomic E-state index is -4.29. The molecule has 1 atom stereocenters. The van der Waals surface area contributed by atoms with Crippen molar-refractivity contribution in [2.24, 2.45) is 0 Å². The van der Waals surface area contributed by atoms with Crippen molar-refractivity contribution in [2.75, 3.05) is 6.54 Å². The van der Waals surface area contributed by atoms with Gasteiger partial charge in [-0.2, -0.15) is 13.2 Å². The van der Waals surface area contributed by atoms with E-state index in [-0.39, 0.29) is 6.04 Å². The molecule has 0 aliphatic carbocycles. The lowest BCUT2D eigenvalue weighted by atomic mass is 10.0. The summed E-state index contributed by atoms with van der Waals surface area (Å²) in [6, 6.07) is 5.65. The Morgan fingerprint density at radius 3 is 2.48 bits per heavy atom. The molecule has 1 aliphatic rings. The summed E-state index contributed by atoms with van der Waals surface area (Å²) in [4.78, 5) is 2.29. The molecule has 3 rings (SSSR count). The van der Waals surface area contributed by atoms with Crippen LogP contribution in [0, 0.1) is 13.8 Å². The van der Waals surface area contributed by atoms with E-state index in [2.05, 4.69) is 10.1 Å². The van der Waals surface area contributed by atoms with E-state index in [1.165, 1.54) is 0 Å². The SMILES string of the molecule is Cc1noc(C)c1C1CCCN1Cc1ccc(C(F)(F)F)cc1. The van der Waals surface area contributed by atoms with Crippen molar-refractivity contribution in [1.82, 2.24) is 10.1 Å². The number of nitrogens with zero attached hydrogens (tertiary/aromatic N) is 2. The van der Waals surface area contributed by atoms with Crippen LogP contribution in [0.3, 0.4) is 0 Å². The highest BCUT2D eigenvalue weighted by Crippen LogP contribution is 2.36. The summed E-state index contributed by atoms with van der Waals surface area (Å²) in [7, 11) is 0. The number of likely N-dealkylation sites (tertiary alicyclic amines) is 1. The lowest BCUT2D eigenvalue weighted by Crippen LogP contribution is -2.23. The quantitative estimate of drug-likeness (QED) is 0.823. The largest absolute Gasteiger partial charge is 0.416 e. The van der Waals surface area contributed by atoms with Crippen molar-refractivity contribution >= 4 is 0 Å². The molecule has 2 aromatic rings. The fourth-order valence-electron chi connectivity index (χ4n) is 3.34. The van der Waals surface area contributed by atoms with Gasteiger partial charge < -0.3 is 4.52 Å². The molecular weight excluding hydrogens is 305 g/mol. The Morgan fingerprint density at radius 1 is 1.22 bits per heavy atom. The molecule has 3 nitrogen and oxygen atoms in total. The van der Waals surface area contributed by atoms with E-state index in [0.717, 1.165) is 54.1 Å². The van der Waals surface area contributed by atoms with Crippen molar-refractivity contribution < 1.29 is 17.7 Å². The third-order valence-electron chi connectivity index (χ3n) is 4.45. The van der Waals surface area contributed by atoms with Crippen LogP contribution in [-0.2, 0) is 12.7 Å². The van der Waals surface area contributed by atoms with Crippen LogP contribution < -0.4 is 0 Å². The van der Waals surface area contributed by atoms with Crippen LogP contribution in [0.4, 0.5) is 13.2 Å². The maximum atomic E-state index is 12.6. The highest BCUT2D eigenvalue weighted by molar-refractivity contribution is 5.28. The maximum absolute atomic E-state index is 12.6. The lowest BCUT2D eigenvalue weighted by Gasteiger charge is -2.24. The first kappa shape index (κ1) is 16.1. The summed E-state index contributed by atoms with van der Waals surface area (Å²) in [5.74, 6) is 0.826. The summed E-state index contributed by atoms with van der Waals surface area (Å²) >= 11 is 0. The van der Waals surface area contributed by atoms with Gasteiger partial charge in [0.25, 0.3) is 0 Å². The topological polar surface area (TPSA) is 29.3 Å².